The molecule has 9 heteroatoms. The van der Waals surface area contributed by atoms with Gasteiger partial charge in [-0.3, -0.25) is 14.4 Å². The number of benzene rings is 1. The second-order valence-corrected chi connectivity index (χ2v) is 6.79. The zero-order chi connectivity index (χ0) is 20.4. The number of hydrogen-bond donors (Lipinski definition) is 2. The molecule has 0 aromatic heterocycles. The molecule has 1 aromatic carbocycles. The minimum atomic E-state index is -0.967. The Morgan fingerprint density at radius 3 is 2.50 bits per heavy atom. The summed E-state index contributed by atoms with van der Waals surface area (Å²) >= 11 is 5.84. The molecule has 0 aliphatic carbocycles. The Morgan fingerprint density at radius 1 is 1.14 bits per heavy atom. The average Bonchev–Trinajstić information content (AvgIpc) is 2.97. The van der Waals surface area contributed by atoms with E-state index in [2.05, 4.69) is 5.32 Å². The maximum atomic E-state index is 12.3. The van der Waals surface area contributed by atoms with Crippen molar-refractivity contribution < 1.29 is 23.9 Å². The van der Waals surface area contributed by atoms with Gasteiger partial charge in [0.2, 0.25) is 11.7 Å². The molecule has 1 aliphatic rings. The van der Waals surface area contributed by atoms with Crippen molar-refractivity contribution in [3.63, 3.8) is 0 Å². The van der Waals surface area contributed by atoms with Crippen LogP contribution in [-0.4, -0.2) is 75.1 Å². The van der Waals surface area contributed by atoms with E-state index >= 15 is 0 Å². The largest absolute Gasteiger partial charge is 0.378 e. The van der Waals surface area contributed by atoms with E-state index in [0.717, 1.165) is 5.56 Å². The van der Waals surface area contributed by atoms with Crippen LogP contribution in [0.25, 0.3) is 0 Å². The van der Waals surface area contributed by atoms with E-state index in [1.165, 1.54) is 4.90 Å². The van der Waals surface area contributed by atoms with E-state index < -0.39 is 23.5 Å². The van der Waals surface area contributed by atoms with E-state index in [4.69, 9.17) is 26.8 Å². The number of halogens is 1. The lowest BCUT2D eigenvalue weighted by Crippen LogP contribution is -2.36. The van der Waals surface area contributed by atoms with Crippen LogP contribution in [0.15, 0.2) is 24.3 Å². The van der Waals surface area contributed by atoms with Gasteiger partial charge in [-0.2, -0.15) is 0 Å². The highest BCUT2D eigenvalue weighted by atomic mass is 35.5. The molecule has 0 saturated carbocycles. The van der Waals surface area contributed by atoms with E-state index in [1.54, 1.807) is 12.1 Å². The summed E-state index contributed by atoms with van der Waals surface area (Å²) in [6.45, 7) is 2.71. The summed E-state index contributed by atoms with van der Waals surface area (Å²) in [6.07, 6.45) is 0.613. The second-order valence-electron chi connectivity index (χ2n) is 6.35. The zero-order valence-corrected chi connectivity index (χ0v) is 16.5. The van der Waals surface area contributed by atoms with Crippen LogP contribution in [0.2, 0.25) is 5.02 Å². The Hall–Kier alpha value is -2.00. The SMILES string of the molecule is NCCOCCOCCN1CC(C(=O)NCCc2ccc(Cl)cc2)C(=O)C1=O. The van der Waals surface area contributed by atoms with Crippen molar-refractivity contribution >= 4 is 29.2 Å². The third kappa shape index (κ3) is 6.87. The molecule has 1 saturated heterocycles. The summed E-state index contributed by atoms with van der Waals surface area (Å²) in [7, 11) is 0. The first-order chi connectivity index (χ1) is 13.5. The fourth-order valence-corrected chi connectivity index (χ4v) is 2.90. The number of Topliss-reactive ketones (excluding diaryl/α,β-unsaturated/α-hetero) is 1. The van der Waals surface area contributed by atoms with E-state index in [0.29, 0.717) is 44.4 Å². The number of hydrogen-bond acceptors (Lipinski definition) is 6. The molecule has 1 fully saturated rings. The summed E-state index contributed by atoms with van der Waals surface area (Å²) in [5.41, 5.74) is 6.32. The third-order valence-electron chi connectivity index (χ3n) is 4.30. The first-order valence-electron chi connectivity index (χ1n) is 9.23. The van der Waals surface area contributed by atoms with Crippen molar-refractivity contribution in [2.45, 2.75) is 6.42 Å². The number of carbonyl (C=O) groups is 3. The van der Waals surface area contributed by atoms with Gasteiger partial charge in [0.1, 0.15) is 5.92 Å². The van der Waals surface area contributed by atoms with Crippen LogP contribution in [0.5, 0.6) is 0 Å². The normalized spacial score (nSPS) is 16.6. The van der Waals surface area contributed by atoms with Crippen LogP contribution < -0.4 is 11.1 Å². The molecule has 154 valence electrons. The Morgan fingerprint density at radius 2 is 1.82 bits per heavy atom. The van der Waals surface area contributed by atoms with Crippen molar-refractivity contribution in [1.29, 1.82) is 0 Å². The molecular weight excluding hydrogens is 386 g/mol. The number of nitrogens with zero attached hydrogens (tertiary/aromatic N) is 1. The van der Waals surface area contributed by atoms with Crippen LogP contribution >= 0.6 is 11.6 Å². The van der Waals surface area contributed by atoms with Gasteiger partial charge in [-0.15, -0.1) is 0 Å². The molecule has 1 unspecified atom stereocenters. The second kappa shape index (κ2) is 11.8. The highest BCUT2D eigenvalue weighted by Crippen LogP contribution is 2.14. The van der Waals surface area contributed by atoms with Crippen molar-refractivity contribution in [1.82, 2.24) is 10.2 Å². The fourth-order valence-electron chi connectivity index (χ4n) is 2.77. The number of nitrogens with two attached hydrogens (primary N) is 1. The number of ether oxygens (including phenoxy) is 2. The maximum absolute atomic E-state index is 12.3. The third-order valence-corrected chi connectivity index (χ3v) is 4.55. The summed E-state index contributed by atoms with van der Waals surface area (Å²) in [6, 6.07) is 7.31. The first kappa shape index (κ1) is 22.3. The average molecular weight is 412 g/mol. The Bertz CT molecular complexity index is 668. The smallest absolute Gasteiger partial charge is 0.290 e. The van der Waals surface area contributed by atoms with Gasteiger partial charge in [0.25, 0.3) is 5.91 Å². The number of amides is 2. The number of nitrogens with one attached hydrogen (secondary N) is 1. The van der Waals surface area contributed by atoms with Crippen LogP contribution in [0.1, 0.15) is 5.56 Å². The molecular formula is C19H26ClN3O5. The summed E-state index contributed by atoms with van der Waals surface area (Å²) in [4.78, 5) is 37.8. The van der Waals surface area contributed by atoms with Gasteiger partial charge in [0.05, 0.1) is 26.4 Å². The topological polar surface area (TPSA) is 111 Å². The number of rotatable bonds is 12. The molecule has 1 aromatic rings. The molecule has 0 radical (unpaired) electrons. The molecule has 8 nitrogen and oxygen atoms in total. The van der Waals surface area contributed by atoms with Gasteiger partial charge < -0.3 is 25.4 Å². The quantitative estimate of drug-likeness (QED) is 0.285. The maximum Gasteiger partial charge on any atom is 0.290 e. The summed E-state index contributed by atoms with van der Waals surface area (Å²) < 4.78 is 10.5. The highest BCUT2D eigenvalue weighted by Gasteiger charge is 2.42. The van der Waals surface area contributed by atoms with Gasteiger partial charge in [-0.25, -0.2) is 0 Å². The predicted octanol–water partition coefficient (Wildman–Crippen LogP) is 0.0181. The van der Waals surface area contributed by atoms with Crippen LogP contribution in [0.4, 0.5) is 0 Å². The van der Waals surface area contributed by atoms with Crippen LogP contribution in [0, 0.1) is 5.92 Å². The Labute approximate surface area is 169 Å². The van der Waals surface area contributed by atoms with Crippen LogP contribution in [-0.2, 0) is 30.3 Å². The molecule has 1 heterocycles. The number of ketones is 1. The first-order valence-corrected chi connectivity index (χ1v) is 9.61. The standard InChI is InChI=1S/C19H26ClN3O5/c20-15-3-1-14(2-4-15)5-7-22-18(25)16-13-23(19(26)17(16)24)8-10-28-12-11-27-9-6-21/h1-4,16H,5-13,21H2,(H,22,25). The molecule has 28 heavy (non-hydrogen) atoms. The highest BCUT2D eigenvalue weighted by molar-refractivity contribution is 6.42. The molecule has 2 amide bonds. The van der Waals surface area contributed by atoms with Gasteiger partial charge in [0.15, 0.2) is 0 Å². The van der Waals surface area contributed by atoms with Gasteiger partial charge in [0, 0.05) is 31.2 Å². The van der Waals surface area contributed by atoms with Crippen molar-refractivity contribution in [3.05, 3.63) is 34.9 Å². The summed E-state index contributed by atoms with van der Waals surface area (Å²) in [5, 5.41) is 3.37. The van der Waals surface area contributed by atoms with Gasteiger partial charge >= 0.3 is 0 Å². The monoisotopic (exact) mass is 411 g/mol. The summed E-state index contributed by atoms with van der Waals surface area (Å²) in [5.74, 6) is -2.70. The molecule has 1 aliphatic heterocycles. The minimum absolute atomic E-state index is 0.0808. The number of likely N-dealkylation sites (tertiary alicyclic amines) is 1. The molecule has 2 rings (SSSR count). The molecule has 3 N–H and O–H groups in total. The number of carbonyl (C=O) groups excluding carboxylic acids is 3. The minimum Gasteiger partial charge on any atom is -0.378 e. The molecule has 1 atom stereocenters. The lowest BCUT2D eigenvalue weighted by Gasteiger charge is -2.15. The molecule has 0 bridgehead atoms. The van der Waals surface area contributed by atoms with Crippen molar-refractivity contribution in [2.24, 2.45) is 11.7 Å². The lowest BCUT2D eigenvalue weighted by atomic mass is 10.1. The lowest BCUT2D eigenvalue weighted by molar-refractivity contribution is -0.142. The van der Waals surface area contributed by atoms with Crippen molar-refractivity contribution in [3.8, 4) is 0 Å². The predicted molar refractivity (Wildman–Crippen MR) is 104 cm³/mol. The van der Waals surface area contributed by atoms with E-state index in [-0.39, 0.29) is 19.7 Å². The van der Waals surface area contributed by atoms with Crippen molar-refractivity contribution in [2.75, 3.05) is 52.6 Å². The zero-order valence-electron chi connectivity index (χ0n) is 15.7. The Kier molecular flexibility index (Phi) is 9.36. The van der Waals surface area contributed by atoms with Crippen LogP contribution in [0.3, 0.4) is 0 Å². The molecule has 0 spiro atoms. The van der Waals surface area contributed by atoms with E-state index in [1.807, 2.05) is 12.1 Å². The Balaban J connectivity index is 1.68. The van der Waals surface area contributed by atoms with Gasteiger partial charge in [-0.05, 0) is 24.1 Å². The fraction of sp³-hybridized carbons (Fsp3) is 0.526. The van der Waals surface area contributed by atoms with Gasteiger partial charge in [-0.1, -0.05) is 23.7 Å². The van der Waals surface area contributed by atoms with E-state index in [9.17, 15) is 14.4 Å².